The van der Waals surface area contributed by atoms with Gasteiger partial charge in [-0.3, -0.25) is 9.59 Å². The van der Waals surface area contributed by atoms with Crippen LogP contribution in [0, 0.1) is 0 Å². The monoisotopic (exact) mass is 332 g/mol. The summed E-state index contributed by atoms with van der Waals surface area (Å²) in [7, 11) is 1.57. The minimum atomic E-state index is -0.259. The molecular formula is C20H16N2O3. The molecule has 5 heteroatoms. The van der Waals surface area contributed by atoms with Gasteiger partial charge in [-0.25, -0.2) is 0 Å². The fourth-order valence-corrected chi connectivity index (χ4v) is 2.30. The molecule has 1 aromatic heterocycles. The van der Waals surface area contributed by atoms with Crippen molar-refractivity contribution in [2.75, 3.05) is 7.11 Å². The van der Waals surface area contributed by atoms with E-state index in [9.17, 15) is 9.59 Å². The van der Waals surface area contributed by atoms with Gasteiger partial charge in [-0.2, -0.15) is 9.78 Å². The second-order valence-electron chi connectivity index (χ2n) is 5.30. The molecule has 0 bridgehead atoms. The van der Waals surface area contributed by atoms with Gasteiger partial charge < -0.3 is 4.74 Å². The van der Waals surface area contributed by atoms with Crippen molar-refractivity contribution >= 4 is 11.9 Å². The smallest absolute Gasteiger partial charge is 0.272 e. The van der Waals surface area contributed by atoms with Crippen LogP contribution in [0.1, 0.15) is 15.9 Å². The van der Waals surface area contributed by atoms with E-state index in [0.29, 0.717) is 22.6 Å². The van der Waals surface area contributed by atoms with Gasteiger partial charge in [0.15, 0.2) is 5.78 Å². The van der Waals surface area contributed by atoms with Crippen LogP contribution < -0.4 is 10.3 Å². The number of nitrogens with zero attached hydrogens (tertiary/aromatic N) is 2. The largest absolute Gasteiger partial charge is 0.497 e. The predicted octanol–water partition coefficient (Wildman–Crippen LogP) is 3.14. The van der Waals surface area contributed by atoms with Crippen LogP contribution in [0.3, 0.4) is 0 Å². The third-order valence-corrected chi connectivity index (χ3v) is 3.62. The SMILES string of the molecule is COc1ccc(C(=O)/C=C/c2cnn(-c3ccccc3)c(=O)c2)cc1. The van der Waals surface area contributed by atoms with E-state index in [0.717, 1.165) is 0 Å². The molecule has 5 nitrogen and oxygen atoms in total. The van der Waals surface area contributed by atoms with E-state index in [2.05, 4.69) is 5.10 Å². The zero-order valence-corrected chi connectivity index (χ0v) is 13.6. The number of carbonyl (C=O) groups excluding carboxylic acids is 1. The first kappa shape index (κ1) is 16.4. The van der Waals surface area contributed by atoms with Crippen molar-refractivity contribution in [2.45, 2.75) is 0 Å². The van der Waals surface area contributed by atoms with E-state index in [-0.39, 0.29) is 11.3 Å². The molecule has 0 aliphatic carbocycles. The van der Waals surface area contributed by atoms with Gasteiger partial charge in [-0.05, 0) is 48.6 Å². The first-order valence-corrected chi connectivity index (χ1v) is 7.68. The average molecular weight is 332 g/mol. The fraction of sp³-hybridized carbons (Fsp3) is 0.0500. The molecule has 1 heterocycles. The molecule has 0 atom stereocenters. The second-order valence-corrected chi connectivity index (χ2v) is 5.30. The van der Waals surface area contributed by atoms with E-state index < -0.39 is 0 Å². The van der Waals surface area contributed by atoms with Gasteiger partial charge in [-0.1, -0.05) is 18.2 Å². The first-order chi connectivity index (χ1) is 12.2. The number of para-hydroxylation sites is 1. The Balaban J connectivity index is 1.78. The molecule has 0 N–H and O–H groups in total. The van der Waals surface area contributed by atoms with Crippen LogP contribution in [0.4, 0.5) is 0 Å². The number of aromatic nitrogens is 2. The number of methoxy groups -OCH3 is 1. The molecule has 0 aliphatic rings. The molecule has 0 spiro atoms. The summed E-state index contributed by atoms with van der Waals surface area (Å²) in [6, 6.07) is 17.4. The fourth-order valence-electron chi connectivity index (χ4n) is 2.30. The first-order valence-electron chi connectivity index (χ1n) is 7.68. The number of hydrogen-bond acceptors (Lipinski definition) is 4. The minimum absolute atomic E-state index is 0.158. The van der Waals surface area contributed by atoms with Gasteiger partial charge in [0.2, 0.25) is 0 Å². The van der Waals surface area contributed by atoms with Crippen molar-refractivity contribution < 1.29 is 9.53 Å². The number of hydrogen-bond donors (Lipinski definition) is 0. The highest BCUT2D eigenvalue weighted by Crippen LogP contribution is 2.12. The van der Waals surface area contributed by atoms with Gasteiger partial charge in [0.1, 0.15) is 5.75 Å². The van der Waals surface area contributed by atoms with Crippen LogP contribution in [0.25, 0.3) is 11.8 Å². The molecule has 0 saturated carbocycles. The summed E-state index contributed by atoms with van der Waals surface area (Å²) < 4.78 is 6.37. The second kappa shape index (κ2) is 7.40. The van der Waals surface area contributed by atoms with Gasteiger partial charge in [0, 0.05) is 17.2 Å². The summed E-state index contributed by atoms with van der Waals surface area (Å²) in [5, 5.41) is 4.15. The number of allylic oxidation sites excluding steroid dienone is 1. The van der Waals surface area contributed by atoms with E-state index in [4.69, 9.17) is 4.74 Å². The Bertz CT molecular complexity index is 958. The summed E-state index contributed by atoms with van der Waals surface area (Å²) in [5.41, 5.74) is 1.55. The minimum Gasteiger partial charge on any atom is -0.497 e. The van der Waals surface area contributed by atoms with Gasteiger partial charge in [-0.15, -0.1) is 0 Å². The molecule has 3 rings (SSSR count). The summed E-state index contributed by atoms with van der Waals surface area (Å²) in [5.74, 6) is 0.532. The van der Waals surface area contributed by atoms with Crippen molar-refractivity contribution in [2.24, 2.45) is 0 Å². The van der Waals surface area contributed by atoms with Crippen LogP contribution in [0.15, 0.2) is 77.7 Å². The van der Waals surface area contributed by atoms with E-state index in [1.165, 1.54) is 16.8 Å². The van der Waals surface area contributed by atoms with Crippen LogP contribution in [0.2, 0.25) is 0 Å². The maximum Gasteiger partial charge on any atom is 0.272 e. The van der Waals surface area contributed by atoms with Gasteiger partial charge >= 0.3 is 0 Å². The Kier molecular flexibility index (Phi) is 4.85. The van der Waals surface area contributed by atoms with Crippen molar-refractivity contribution in [1.82, 2.24) is 9.78 Å². The molecule has 3 aromatic rings. The van der Waals surface area contributed by atoms with E-state index in [1.54, 1.807) is 55.8 Å². The number of ketones is 1. The Hall–Kier alpha value is -3.47. The molecule has 0 saturated heterocycles. The van der Waals surface area contributed by atoms with Crippen LogP contribution >= 0.6 is 0 Å². The van der Waals surface area contributed by atoms with E-state index >= 15 is 0 Å². The third kappa shape index (κ3) is 3.90. The molecule has 124 valence electrons. The Morgan fingerprint density at radius 1 is 1.08 bits per heavy atom. The molecule has 2 aromatic carbocycles. The number of rotatable bonds is 5. The Morgan fingerprint density at radius 3 is 2.44 bits per heavy atom. The summed E-state index contributed by atoms with van der Waals surface area (Å²) in [4.78, 5) is 24.4. The lowest BCUT2D eigenvalue weighted by atomic mass is 10.1. The zero-order valence-electron chi connectivity index (χ0n) is 13.6. The Labute approximate surface area is 144 Å². The lowest BCUT2D eigenvalue weighted by Crippen LogP contribution is -2.20. The van der Waals surface area contributed by atoms with Crippen LogP contribution in [-0.4, -0.2) is 22.7 Å². The summed E-state index contributed by atoms with van der Waals surface area (Å²) in [6.45, 7) is 0. The van der Waals surface area contributed by atoms with Crippen LogP contribution in [0.5, 0.6) is 5.75 Å². The number of carbonyl (C=O) groups is 1. The maximum atomic E-state index is 12.2. The molecular weight excluding hydrogens is 316 g/mol. The van der Waals surface area contributed by atoms with Crippen molar-refractivity contribution in [3.8, 4) is 11.4 Å². The predicted molar refractivity (Wildman–Crippen MR) is 96.2 cm³/mol. The lowest BCUT2D eigenvalue weighted by Gasteiger charge is -2.03. The van der Waals surface area contributed by atoms with Crippen LogP contribution in [-0.2, 0) is 0 Å². The lowest BCUT2D eigenvalue weighted by molar-refractivity contribution is 0.104. The molecule has 0 radical (unpaired) electrons. The highest BCUT2D eigenvalue weighted by atomic mass is 16.5. The molecule has 0 aliphatic heterocycles. The van der Waals surface area contributed by atoms with E-state index in [1.807, 2.05) is 18.2 Å². The summed E-state index contributed by atoms with van der Waals surface area (Å²) >= 11 is 0. The zero-order chi connectivity index (χ0) is 17.6. The van der Waals surface area contributed by atoms with Gasteiger partial charge in [0.05, 0.1) is 19.0 Å². The topological polar surface area (TPSA) is 61.2 Å². The number of benzene rings is 2. The van der Waals surface area contributed by atoms with Gasteiger partial charge in [0.25, 0.3) is 5.56 Å². The van der Waals surface area contributed by atoms with Crippen molar-refractivity contribution in [1.29, 1.82) is 0 Å². The van der Waals surface area contributed by atoms with Crippen molar-refractivity contribution in [3.05, 3.63) is 94.4 Å². The molecule has 0 amide bonds. The number of ether oxygens (including phenoxy) is 1. The van der Waals surface area contributed by atoms with Crippen molar-refractivity contribution in [3.63, 3.8) is 0 Å². The molecule has 25 heavy (non-hydrogen) atoms. The third-order valence-electron chi connectivity index (χ3n) is 3.62. The quantitative estimate of drug-likeness (QED) is 0.532. The molecule has 0 fully saturated rings. The maximum absolute atomic E-state index is 12.2. The Morgan fingerprint density at radius 2 is 1.80 bits per heavy atom. The summed E-state index contributed by atoms with van der Waals surface area (Å²) in [6.07, 6.45) is 4.55. The standard InChI is InChI=1S/C20H16N2O3/c1-25-18-10-8-16(9-11-18)19(23)12-7-15-13-20(24)22(21-14-15)17-5-3-2-4-6-17/h2-14H,1H3/b12-7+. The average Bonchev–Trinajstić information content (AvgIpc) is 2.67. The normalized spacial score (nSPS) is 10.8. The highest BCUT2D eigenvalue weighted by molar-refractivity contribution is 6.06. The molecule has 0 unspecified atom stereocenters. The highest BCUT2D eigenvalue weighted by Gasteiger charge is 2.03.